The number of hydrogen-bond donors (Lipinski definition) is 1. The molecule has 0 fully saturated rings. The molecule has 1 unspecified atom stereocenters. The minimum atomic E-state index is -0.327. The van der Waals surface area contributed by atoms with E-state index in [4.69, 9.17) is 10.00 Å². The Morgan fingerprint density at radius 1 is 1.60 bits per heavy atom. The molecule has 0 aliphatic heterocycles. The molecule has 0 spiro atoms. The second-order valence-corrected chi connectivity index (χ2v) is 3.12. The maximum atomic E-state index is 13.5. The molecule has 0 aliphatic rings. The Kier molecular flexibility index (Phi) is 4.07. The number of nitrogens with zero attached hydrogens (tertiary/aromatic N) is 1. The fourth-order valence-electron chi connectivity index (χ4n) is 1.42. The van der Waals surface area contributed by atoms with Gasteiger partial charge < -0.3 is 4.74 Å². The monoisotopic (exact) mass is 208 g/mol. The number of benzene rings is 1. The number of rotatable bonds is 4. The molecule has 0 saturated carbocycles. The Morgan fingerprint density at radius 2 is 2.33 bits per heavy atom. The molecule has 0 radical (unpaired) electrons. The minimum absolute atomic E-state index is 0.179. The van der Waals surface area contributed by atoms with E-state index in [1.54, 1.807) is 19.1 Å². The Hall–Kier alpha value is -1.60. The summed E-state index contributed by atoms with van der Waals surface area (Å²) in [6, 6.07) is 6.37. The fraction of sp³-hybridized carbons (Fsp3) is 0.364. The van der Waals surface area contributed by atoms with E-state index >= 15 is 0 Å². The second kappa shape index (κ2) is 5.32. The van der Waals surface area contributed by atoms with Crippen molar-refractivity contribution < 1.29 is 9.13 Å². The predicted octanol–water partition coefficient (Wildman–Crippen LogP) is 2.01. The Bertz CT molecular complexity index is 373. The van der Waals surface area contributed by atoms with Gasteiger partial charge in [0.1, 0.15) is 11.6 Å². The highest BCUT2D eigenvalue weighted by Gasteiger charge is 2.15. The summed E-state index contributed by atoms with van der Waals surface area (Å²) in [7, 11) is 1.50. The zero-order valence-corrected chi connectivity index (χ0v) is 8.75. The van der Waals surface area contributed by atoms with Crippen LogP contribution in [0.1, 0.15) is 18.5 Å². The van der Waals surface area contributed by atoms with E-state index in [0.717, 1.165) is 0 Å². The van der Waals surface area contributed by atoms with Gasteiger partial charge >= 0.3 is 0 Å². The number of ether oxygens (including phenoxy) is 1. The van der Waals surface area contributed by atoms with Crippen molar-refractivity contribution in [2.75, 3.05) is 13.7 Å². The van der Waals surface area contributed by atoms with Crippen LogP contribution in [0.25, 0.3) is 0 Å². The highest BCUT2D eigenvalue weighted by atomic mass is 19.1. The lowest BCUT2D eigenvalue weighted by Crippen LogP contribution is -2.20. The third kappa shape index (κ3) is 2.67. The zero-order valence-electron chi connectivity index (χ0n) is 8.75. The zero-order chi connectivity index (χ0) is 11.3. The van der Waals surface area contributed by atoms with Crippen LogP contribution in [0.15, 0.2) is 18.2 Å². The molecule has 4 heteroatoms. The molecule has 1 atom stereocenters. The smallest absolute Gasteiger partial charge is 0.131 e. The summed E-state index contributed by atoms with van der Waals surface area (Å²) in [5.74, 6) is 0.167. The van der Waals surface area contributed by atoms with Crippen LogP contribution in [-0.2, 0) is 0 Å². The molecule has 3 nitrogen and oxygen atoms in total. The molecule has 0 aromatic heterocycles. The minimum Gasteiger partial charge on any atom is -0.496 e. The normalized spacial score (nSPS) is 11.9. The molecule has 0 amide bonds. The molecule has 0 aliphatic carbocycles. The molecule has 0 bridgehead atoms. The predicted molar refractivity (Wildman–Crippen MR) is 55.0 cm³/mol. The maximum absolute atomic E-state index is 13.5. The van der Waals surface area contributed by atoms with Gasteiger partial charge in [0, 0.05) is 11.6 Å². The van der Waals surface area contributed by atoms with Crippen LogP contribution in [0.2, 0.25) is 0 Å². The van der Waals surface area contributed by atoms with E-state index in [0.29, 0.717) is 11.3 Å². The van der Waals surface area contributed by atoms with Gasteiger partial charge in [0.25, 0.3) is 0 Å². The van der Waals surface area contributed by atoms with Crippen LogP contribution in [0.4, 0.5) is 4.39 Å². The molecule has 0 saturated heterocycles. The van der Waals surface area contributed by atoms with Crippen LogP contribution in [0, 0.1) is 17.1 Å². The van der Waals surface area contributed by atoms with Gasteiger partial charge in [0.05, 0.1) is 19.7 Å². The van der Waals surface area contributed by atoms with Gasteiger partial charge in [-0.1, -0.05) is 6.07 Å². The van der Waals surface area contributed by atoms with Crippen molar-refractivity contribution in [1.82, 2.24) is 5.32 Å². The molecule has 1 aromatic carbocycles. The van der Waals surface area contributed by atoms with Crippen LogP contribution < -0.4 is 10.1 Å². The van der Waals surface area contributed by atoms with Crippen molar-refractivity contribution in [2.24, 2.45) is 0 Å². The SMILES string of the molecule is COc1cccc(F)c1C(C)NCC#N. The lowest BCUT2D eigenvalue weighted by Gasteiger charge is -2.16. The summed E-state index contributed by atoms with van der Waals surface area (Å²) in [6.45, 7) is 1.97. The fourth-order valence-corrected chi connectivity index (χ4v) is 1.42. The van der Waals surface area contributed by atoms with Crippen molar-refractivity contribution in [2.45, 2.75) is 13.0 Å². The molecule has 1 N–H and O–H groups in total. The first-order valence-corrected chi connectivity index (χ1v) is 4.63. The molecule has 1 aromatic rings. The third-order valence-corrected chi connectivity index (χ3v) is 2.15. The Balaban J connectivity index is 2.96. The first-order chi connectivity index (χ1) is 7.20. The molecular formula is C11H13FN2O. The van der Waals surface area contributed by atoms with Gasteiger partial charge in [0.2, 0.25) is 0 Å². The number of nitriles is 1. The first-order valence-electron chi connectivity index (χ1n) is 4.63. The van der Waals surface area contributed by atoms with E-state index in [2.05, 4.69) is 5.32 Å². The largest absolute Gasteiger partial charge is 0.496 e. The quantitative estimate of drug-likeness (QED) is 0.770. The van der Waals surface area contributed by atoms with Crippen molar-refractivity contribution in [3.63, 3.8) is 0 Å². The van der Waals surface area contributed by atoms with E-state index in [-0.39, 0.29) is 18.4 Å². The summed E-state index contributed by atoms with van der Waals surface area (Å²) >= 11 is 0. The summed E-state index contributed by atoms with van der Waals surface area (Å²) in [5, 5.41) is 11.3. The molecular weight excluding hydrogens is 195 g/mol. The number of hydrogen-bond acceptors (Lipinski definition) is 3. The maximum Gasteiger partial charge on any atom is 0.131 e. The van der Waals surface area contributed by atoms with Crippen LogP contribution >= 0.6 is 0 Å². The summed E-state index contributed by atoms with van der Waals surface area (Å²) in [4.78, 5) is 0. The summed E-state index contributed by atoms with van der Waals surface area (Å²) in [6.07, 6.45) is 0. The standard InChI is InChI=1S/C11H13FN2O/c1-8(14-7-6-13)11-9(12)4-3-5-10(11)15-2/h3-5,8,14H,7H2,1-2H3. The lowest BCUT2D eigenvalue weighted by atomic mass is 10.1. The van der Waals surface area contributed by atoms with Crippen LogP contribution in [0.3, 0.4) is 0 Å². The molecule has 15 heavy (non-hydrogen) atoms. The molecule has 0 heterocycles. The van der Waals surface area contributed by atoms with Crippen molar-refractivity contribution >= 4 is 0 Å². The van der Waals surface area contributed by atoms with Crippen molar-refractivity contribution in [1.29, 1.82) is 5.26 Å². The average Bonchev–Trinajstić information content (AvgIpc) is 2.25. The molecule has 1 rings (SSSR count). The Labute approximate surface area is 88.5 Å². The highest BCUT2D eigenvalue weighted by molar-refractivity contribution is 5.36. The highest BCUT2D eigenvalue weighted by Crippen LogP contribution is 2.27. The van der Waals surface area contributed by atoms with Gasteiger partial charge in [0.15, 0.2) is 0 Å². The van der Waals surface area contributed by atoms with Gasteiger partial charge in [-0.15, -0.1) is 0 Å². The summed E-state index contributed by atoms with van der Waals surface area (Å²) < 4.78 is 18.6. The van der Waals surface area contributed by atoms with E-state index in [1.165, 1.54) is 13.2 Å². The number of nitrogens with one attached hydrogen (secondary N) is 1. The third-order valence-electron chi connectivity index (χ3n) is 2.15. The second-order valence-electron chi connectivity index (χ2n) is 3.12. The van der Waals surface area contributed by atoms with Crippen LogP contribution in [0.5, 0.6) is 5.75 Å². The van der Waals surface area contributed by atoms with Gasteiger partial charge in [-0.25, -0.2) is 4.39 Å². The van der Waals surface area contributed by atoms with Gasteiger partial charge in [-0.2, -0.15) is 5.26 Å². The van der Waals surface area contributed by atoms with Crippen molar-refractivity contribution in [3.8, 4) is 11.8 Å². The van der Waals surface area contributed by atoms with Gasteiger partial charge in [-0.3, -0.25) is 5.32 Å². The van der Waals surface area contributed by atoms with E-state index < -0.39 is 0 Å². The van der Waals surface area contributed by atoms with E-state index in [9.17, 15) is 4.39 Å². The average molecular weight is 208 g/mol. The topological polar surface area (TPSA) is 45.0 Å². The first kappa shape index (κ1) is 11.5. The van der Waals surface area contributed by atoms with Crippen LogP contribution in [-0.4, -0.2) is 13.7 Å². The van der Waals surface area contributed by atoms with Gasteiger partial charge in [-0.05, 0) is 19.1 Å². The lowest BCUT2D eigenvalue weighted by molar-refractivity contribution is 0.395. The van der Waals surface area contributed by atoms with Crippen molar-refractivity contribution in [3.05, 3.63) is 29.6 Å². The molecule has 80 valence electrons. The Morgan fingerprint density at radius 3 is 2.93 bits per heavy atom. The summed E-state index contributed by atoms with van der Waals surface area (Å²) in [5.41, 5.74) is 0.454. The van der Waals surface area contributed by atoms with E-state index in [1.807, 2.05) is 6.07 Å². The number of halogens is 1. The number of methoxy groups -OCH3 is 1.